The highest BCUT2D eigenvalue weighted by Gasteiger charge is 2.24. The maximum absolute atomic E-state index is 12.9. The fourth-order valence-electron chi connectivity index (χ4n) is 4.30. The van der Waals surface area contributed by atoms with Crippen LogP contribution in [0.4, 0.5) is 5.69 Å². The third-order valence-electron chi connectivity index (χ3n) is 5.97. The molecule has 1 aromatic carbocycles. The Balaban J connectivity index is 1.63. The van der Waals surface area contributed by atoms with Crippen molar-refractivity contribution in [1.82, 2.24) is 9.80 Å². The molecule has 2 fully saturated rings. The van der Waals surface area contributed by atoms with Crippen LogP contribution in [0.1, 0.15) is 54.9 Å². The molecule has 0 radical (unpaired) electrons. The Morgan fingerprint density at radius 2 is 1.89 bits per heavy atom. The minimum Gasteiger partial charge on any atom is -0.376 e. The quantitative estimate of drug-likeness (QED) is 0.785. The van der Waals surface area contributed by atoms with Gasteiger partial charge >= 0.3 is 0 Å². The van der Waals surface area contributed by atoms with E-state index in [9.17, 15) is 9.59 Å². The molecule has 1 saturated carbocycles. The van der Waals surface area contributed by atoms with E-state index in [0.29, 0.717) is 6.04 Å². The van der Waals surface area contributed by atoms with Crippen LogP contribution < -0.4 is 5.32 Å². The third-order valence-corrected chi connectivity index (χ3v) is 6.91. The number of anilines is 1. The molecule has 6 heteroatoms. The first-order valence-corrected chi connectivity index (χ1v) is 11.8. The Morgan fingerprint density at radius 3 is 2.57 bits per heavy atom. The van der Waals surface area contributed by atoms with Crippen molar-refractivity contribution in [2.75, 3.05) is 43.0 Å². The first-order valence-electron chi connectivity index (χ1n) is 10.6. The third kappa shape index (κ3) is 5.02. The van der Waals surface area contributed by atoms with Crippen LogP contribution in [0.2, 0.25) is 0 Å². The molecule has 0 unspecified atom stereocenters. The van der Waals surface area contributed by atoms with Gasteiger partial charge in [-0.3, -0.25) is 9.59 Å². The number of likely N-dealkylation sites (N-methyl/N-ethyl adjacent to an activating group) is 1. The number of amides is 2. The van der Waals surface area contributed by atoms with E-state index < -0.39 is 0 Å². The van der Waals surface area contributed by atoms with Gasteiger partial charge in [0.05, 0.1) is 6.54 Å². The number of thioether (sulfide) groups is 1. The van der Waals surface area contributed by atoms with E-state index in [-0.39, 0.29) is 18.4 Å². The Bertz CT molecular complexity index is 682. The molecule has 0 bridgehead atoms. The summed E-state index contributed by atoms with van der Waals surface area (Å²) in [6.07, 6.45) is 5.98. The van der Waals surface area contributed by atoms with E-state index in [2.05, 4.69) is 12.2 Å². The smallest absolute Gasteiger partial charge is 0.254 e. The molecule has 154 valence electrons. The topological polar surface area (TPSA) is 52.7 Å². The first kappa shape index (κ1) is 21.0. The van der Waals surface area contributed by atoms with Gasteiger partial charge in [0.25, 0.3) is 5.91 Å². The number of nitrogens with zero attached hydrogens (tertiary/aromatic N) is 2. The van der Waals surface area contributed by atoms with Gasteiger partial charge in [-0.05, 0) is 44.4 Å². The zero-order valence-electron chi connectivity index (χ0n) is 17.2. The molecule has 2 aliphatic rings. The molecule has 1 heterocycles. The van der Waals surface area contributed by atoms with E-state index in [1.807, 2.05) is 46.7 Å². The number of carbonyl (C=O) groups is 2. The van der Waals surface area contributed by atoms with Crippen molar-refractivity contribution in [2.24, 2.45) is 0 Å². The molecule has 0 spiro atoms. The molecular weight excluding hydrogens is 370 g/mol. The van der Waals surface area contributed by atoms with Gasteiger partial charge in [0, 0.05) is 48.4 Å². The van der Waals surface area contributed by atoms with Gasteiger partial charge in [-0.2, -0.15) is 11.8 Å². The second kappa shape index (κ2) is 10.2. The maximum Gasteiger partial charge on any atom is 0.254 e. The summed E-state index contributed by atoms with van der Waals surface area (Å²) in [6, 6.07) is 6.15. The summed E-state index contributed by atoms with van der Waals surface area (Å²) in [7, 11) is 0. The van der Waals surface area contributed by atoms with Gasteiger partial charge in [-0.1, -0.05) is 25.3 Å². The lowest BCUT2D eigenvalue weighted by Gasteiger charge is -2.34. The summed E-state index contributed by atoms with van der Waals surface area (Å²) in [6.45, 7) is 6.70. The summed E-state index contributed by atoms with van der Waals surface area (Å²) >= 11 is 1.90. The van der Waals surface area contributed by atoms with Gasteiger partial charge in [0.15, 0.2) is 0 Å². The van der Waals surface area contributed by atoms with Gasteiger partial charge < -0.3 is 15.1 Å². The Kier molecular flexibility index (Phi) is 7.65. The highest BCUT2D eigenvalue weighted by Crippen LogP contribution is 2.24. The molecule has 0 atom stereocenters. The van der Waals surface area contributed by atoms with E-state index in [1.165, 1.54) is 19.3 Å². The minimum atomic E-state index is 0.102. The Hall–Kier alpha value is -1.69. The van der Waals surface area contributed by atoms with Crippen molar-refractivity contribution in [3.05, 3.63) is 29.3 Å². The highest BCUT2D eigenvalue weighted by atomic mass is 32.2. The maximum atomic E-state index is 12.9. The van der Waals surface area contributed by atoms with Crippen LogP contribution in [0.3, 0.4) is 0 Å². The summed E-state index contributed by atoms with van der Waals surface area (Å²) in [5, 5.41) is 3.30. The average Bonchev–Trinajstić information content (AvgIpc) is 2.74. The largest absolute Gasteiger partial charge is 0.376 e. The lowest BCUT2D eigenvalue weighted by molar-refractivity contribution is -0.132. The van der Waals surface area contributed by atoms with Gasteiger partial charge in [0.2, 0.25) is 5.91 Å². The van der Waals surface area contributed by atoms with Crippen LogP contribution in [0, 0.1) is 6.92 Å². The van der Waals surface area contributed by atoms with Gasteiger partial charge in [-0.15, -0.1) is 0 Å². The molecule has 1 saturated heterocycles. The molecule has 5 nitrogen and oxygen atoms in total. The normalized spacial score (nSPS) is 18.0. The van der Waals surface area contributed by atoms with Crippen LogP contribution in [0.5, 0.6) is 0 Å². The number of benzene rings is 1. The summed E-state index contributed by atoms with van der Waals surface area (Å²) < 4.78 is 0. The van der Waals surface area contributed by atoms with Crippen molar-refractivity contribution in [1.29, 1.82) is 0 Å². The van der Waals surface area contributed by atoms with E-state index in [4.69, 9.17) is 0 Å². The predicted octanol–water partition coefficient (Wildman–Crippen LogP) is 3.78. The first-order chi connectivity index (χ1) is 13.6. The zero-order valence-corrected chi connectivity index (χ0v) is 18.0. The molecule has 1 aliphatic carbocycles. The fraction of sp³-hybridized carbons (Fsp3) is 0.636. The van der Waals surface area contributed by atoms with Crippen molar-refractivity contribution < 1.29 is 9.59 Å². The lowest BCUT2D eigenvalue weighted by atomic mass is 9.94. The standard InChI is InChI=1S/C22H33N3O2S/c1-3-25(18-8-5-4-6-9-18)21(26)16-23-20-11-7-10-19(17(20)2)22(27)24-12-14-28-15-13-24/h7,10-11,18,23H,3-6,8-9,12-16H2,1-2H3. The monoisotopic (exact) mass is 403 g/mol. The summed E-state index contributed by atoms with van der Waals surface area (Å²) in [4.78, 5) is 29.7. The number of nitrogens with one attached hydrogen (secondary N) is 1. The van der Waals surface area contributed by atoms with Crippen LogP contribution in [0.15, 0.2) is 18.2 Å². The molecule has 2 amide bonds. The number of carbonyl (C=O) groups excluding carboxylic acids is 2. The zero-order chi connectivity index (χ0) is 19.9. The predicted molar refractivity (Wildman–Crippen MR) is 117 cm³/mol. The van der Waals surface area contributed by atoms with E-state index >= 15 is 0 Å². The molecule has 1 N–H and O–H groups in total. The second-order valence-corrected chi connectivity index (χ2v) is 8.93. The van der Waals surface area contributed by atoms with Crippen molar-refractivity contribution in [2.45, 2.75) is 52.0 Å². The fourth-order valence-corrected chi connectivity index (χ4v) is 5.20. The Labute approximate surface area is 173 Å². The molecule has 1 aromatic rings. The molecule has 28 heavy (non-hydrogen) atoms. The summed E-state index contributed by atoms with van der Waals surface area (Å²) in [5.74, 6) is 2.26. The van der Waals surface area contributed by atoms with E-state index in [0.717, 1.165) is 60.8 Å². The van der Waals surface area contributed by atoms with Crippen LogP contribution in [0.25, 0.3) is 0 Å². The van der Waals surface area contributed by atoms with Gasteiger partial charge in [0.1, 0.15) is 0 Å². The summed E-state index contributed by atoms with van der Waals surface area (Å²) in [5.41, 5.74) is 2.55. The lowest BCUT2D eigenvalue weighted by Crippen LogP contribution is -2.44. The van der Waals surface area contributed by atoms with Crippen molar-refractivity contribution >= 4 is 29.3 Å². The highest BCUT2D eigenvalue weighted by molar-refractivity contribution is 7.99. The van der Waals surface area contributed by atoms with Crippen LogP contribution in [-0.4, -0.2) is 65.3 Å². The number of rotatable bonds is 6. The average molecular weight is 404 g/mol. The molecule has 1 aliphatic heterocycles. The van der Waals surface area contributed by atoms with Crippen molar-refractivity contribution in [3.63, 3.8) is 0 Å². The van der Waals surface area contributed by atoms with Crippen LogP contribution >= 0.6 is 11.8 Å². The number of hydrogen-bond acceptors (Lipinski definition) is 4. The molecule has 0 aromatic heterocycles. The second-order valence-electron chi connectivity index (χ2n) is 7.71. The minimum absolute atomic E-state index is 0.102. The SMILES string of the molecule is CCN(C(=O)CNc1cccc(C(=O)N2CCSCC2)c1C)C1CCCCC1. The molecule has 3 rings (SSSR count). The van der Waals surface area contributed by atoms with Crippen LogP contribution in [-0.2, 0) is 4.79 Å². The Morgan fingerprint density at radius 1 is 1.18 bits per heavy atom. The number of hydrogen-bond donors (Lipinski definition) is 1. The van der Waals surface area contributed by atoms with E-state index in [1.54, 1.807) is 0 Å². The van der Waals surface area contributed by atoms with Gasteiger partial charge in [-0.25, -0.2) is 0 Å². The van der Waals surface area contributed by atoms with Crippen molar-refractivity contribution in [3.8, 4) is 0 Å². The molecular formula is C22H33N3O2S.